The van der Waals surface area contributed by atoms with E-state index in [2.05, 4.69) is 93.7 Å². The molecular formula is C52H86O6. The number of carbonyl (C=O) groups excluding carboxylic acids is 3. The molecule has 1 atom stereocenters. The number of hydrogen-bond acceptors (Lipinski definition) is 6. The quantitative estimate of drug-likeness (QED) is 0.0201. The number of carbonyl (C=O) groups is 3. The van der Waals surface area contributed by atoms with Gasteiger partial charge in [-0.1, -0.05) is 215 Å². The van der Waals surface area contributed by atoms with Crippen molar-refractivity contribution in [3.8, 4) is 0 Å². The number of unbranched alkanes of at least 4 members (excludes halogenated alkanes) is 20. The van der Waals surface area contributed by atoms with E-state index in [0.29, 0.717) is 12.8 Å². The van der Waals surface area contributed by atoms with Gasteiger partial charge >= 0.3 is 17.9 Å². The first-order valence-electron chi connectivity index (χ1n) is 23.6. The summed E-state index contributed by atoms with van der Waals surface area (Å²) in [6, 6.07) is 0. The number of ether oxygens (including phenoxy) is 3. The molecule has 0 aromatic carbocycles. The van der Waals surface area contributed by atoms with Crippen molar-refractivity contribution in [2.45, 2.75) is 213 Å². The number of hydrogen-bond donors (Lipinski definition) is 0. The molecular weight excluding hydrogens is 721 g/mol. The van der Waals surface area contributed by atoms with Gasteiger partial charge in [0, 0.05) is 12.8 Å². The SMILES string of the molecule is CC/C=C\C/C=C\C/C=C\CC(=O)OCC(COC(=O)CCCCCCC\C=C/C=C\C=C/C=C\CCCCC)OC(=O)CCCCCCCCCCCCCCC. The second kappa shape index (κ2) is 46.3. The molecule has 0 spiro atoms. The average molecular weight is 807 g/mol. The second-order valence-electron chi connectivity index (χ2n) is 15.4. The van der Waals surface area contributed by atoms with Crippen molar-refractivity contribution in [1.82, 2.24) is 0 Å². The molecule has 0 N–H and O–H groups in total. The van der Waals surface area contributed by atoms with E-state index in [9.17, 15) is 14.4 Å². The fourth-order valence-electron chi connectivity index (χ4n) is 6.22. The summed E-state index contributed by atoms with van der Waals surface area (Å²) in [6.07, 6.45) is 58.8. The molecule has 0 aliphatic carbocycles. The van der Waals surface area contributed by atoms with Crippen LogP contribution in [-0.2, 0) is 28.6 Å². The van der Waals surface area contributed by atoms with Crippen LogP contribution >= 0.6 is 0 Å². The first-order valence-corrected chi connectivity index (χ1v) is 23.6. The van der Waals surface area contributed by atoms with Gasteiger partial charge in [-0.25, -0.2) is 0 Å². The summed E-state index contributed by atoms with van der Waals surface area (Å²) < 4.78 is 16.6. The summed E-state index contributed by atoms with van der Waals surface area (Å²) in [4.78, 5) is 37.7. The van der Waals surface area contributed by atoms with Gasteiger partial charge in [-0.3, -0.25) is 14.4 Å². The number of esters is 3. The Morgan fingerprint density at radius 1 is 0.397 bits per heavy atom. The third kappa shape index (κ3) is 43.7. The van der Waals surface area contributed by atoms with Crippen LogP contribution < -0.4 is 0 Å². The van der Waals surface area contributed by atoms with Gasteiger partial charge in [0.15, 0.2) is 6.10 Å². The predicted molar refractivity (Wildman–Crippen MR) is 247 cm³/mol. The van der Waals surface area contributed by atoms with Crippen LogP contribution in [0.25, 0.3) is 0 Å². The third-order valence-electron chi connectivity index (χ3n) is 9.76. The minimum atomic E-state index is -0.818. The summed E-state index contributed by atoms with van der Waals surface area (Å²) in [5.41, 5.74) is 0. The van der Waals surface area contributed by atoms with Crippen LogP contribution in [0.15, 0.2) is 85.1 Å². The van der Waals surface area contributed by atoms with E-state index in [-0.39, 0.29) is 31.6 Å². The molecule has 0 amide bonds. The molecule has 0 aromatic heterocycles. The maximum absolute atomic E-state index is 12.7. The lowest BCUT2D eigenvalue weighted by molar-refractivity contribution is -0.166. The van der Waals surface area contributed by atoms with Gasteiger partial charge in [-0.15, -0.1) is 0 Å². The van der Waals surface area contributed by atoms with Gasteiger partial charge in [0.05, 0.1) is 6.42 Å². The smallest absolute Gasteiger partial charge is 0.309 e. The summed E-state index contributed by atoms with van der Waals surface area (Å²) in [5, 5.41) is 0. The molecule has 0 fully saturated rings. The van der Waals surface area contributed by atoms with E-state index in [1.54, 1.807) is 6.08 Å². The first kappa shape index (κ1) is 54.6. The highest BCUT2D eigenvalue weighted by atomic mass is 16.6. The van der Waals surface area contributed by atoms with Crippen LogP contribution in [0, 0.1) is 0 Å². The number of allylic oxidation sites excluding steroid dienone is 13. The summed E-state index contributed by atoms with van der Waals surface area (Å²) in [7, 11) is 0. The fourth-order valence-corrected chi connectivity index (χ4v) is 6.22. The van der Waals surface area contributed by atoms with Crippen molar-refractivity contribution < 1.29 is 28.6 Å². The second-order valence-corrected chi connectivity index (χ2v) is 15.4. The van der Waals surface area contributed by atoms with Crippen molar-refractivity contribution in [1.29, 1.82) is 0 Å². The molecule has 330 valence electrons. The van der Waals surface area contributed by atoms with Crippen LogP contribution in [0.3, 0.4) is 0 Å². The molecule has 0 rings (SSSR count). The van der Waals surface area contributed by atoms with Crippen molar-refractivity contribution >= 4 is 17.9 Å². The van der Waals surface area contributed by atoms with E-state index in [1.165, 1.54) is 83.5 Å². The minimum Gasteiger partial charge on any atom is -0.462 e. The largest absolute Gasteiger partial charge is 0.462 e. The molecule has 0 saturated heterocycles. The Labute approximate surface area is 356 Å². The molecule has 1 unspecified atom stereocenters. The Bertz CT molecular complexity index is 1160. The Hall–Kier alpha value is -3.41. The fraction of sp³-hybridized carbons (Fsp3) is 0.673. The minimum absolute atomic E-state index is 0.115. The Morgan fingerprint density at radius 3 is 1.33 bits per heavy atom. The molecule has 6 nitrogen and oxygen atoms in total. The summed E-state index contributed by atoms with van der Waals surface area (Å²) in [6.45, 7) is 6.35. The van der Waals surface area contributed by atoms with Crippen LogP contribution in [0.2, 0.25) is 0 Å². The zero-order valence-electron chi connectivity index (χ0n) is 37.5. The predicted octanol–water partition coefficient (Wildman–Crippen LogP) is 15.3. The monoisotopic (exact) mass is 807 g/mol. The lowest BCUT2D eigenvalue weighted by Crippen LogP contribution is -2.30. The van der Waals surface area contributed by atoms with Crippen molar-refractivity contribution in [2.24, 2.45) is 0 Å². The number of rotatable bonds is 41. The standard InChI is InChI=1S/C52H86O6/c1-4-7-10-13-16-19-21-23-24-25-26-27-29-30-33-36-39-42-45-51(54)57-48-49(47-56-50(53)44-41-38-35-32-18-15-12-9-6-3)58-52(55)46-43-40-37-34-31-28-22-20-17-14-11-8-5-2/h9,12,16,18-19,21,23-27,32,38,41,49H,4-8,10-11,13-15,17,20,22,28-31,33-37,39-40,42-48H2,1-3H3/b12-9-,19-16-,23-21-,25-24-,27-26-,32-18-,41-38-. The highest BCUT2D eigenvalue weighted by Crippen LogP contribution is 2.14. The van der Waals surface area contributed by atoms with Crippen LogP contribution in [0.5, 0.6) is 0 Å². The van der Waals surface area contributed by atoms with Gasteiger partial charge in [0.1, 0.15) is 13.2 Å². The molecule has 0 aliphatic rings. The molecule has 0 aliphatic heterocycles. The van der Waals surface area contributed by atoms with E-state index in [1.807, 2.05) is 6.08 Å². The highest BCUT2D eigenvalue weighted by molar-refractivity contribution is 5.72. The van der Waals surface area contributed by atoms with Crippen molar-refractivity contribution in [2.75, 3.05) is 13.2 Å². The van der Waals surface area contributed by atoms with E-state index in [4.69, 9.17) is 14.2 Å². The van der Waals surface area contributed by atoms with Crippen molar-refractivity contribution in [3.63, 3.8) is 0 Å². The maximum Gasteiger partial charge on any atom is 0.309 e. The van der Waals surface area contributed by atoms with Gasteiger partial charge in [0.2, 0.25) is 0 Å². The van der Waals surface area contributed by atoms with Gasteiger partial charge in [0.25, 0.3) is 0 Å². The zero-order chi connectivity index (χ0) is 42.3. The molecule has 0 saturated carbocycles. The van der Waals surface area contributed by atoms with Gasteiger partial charge < -0.3 is 14.2 Å². The Kier molecular flexibility index (Phi) is 43.6. The van der Waals surface area contributed by atoms with Gasteiger partial charge in [-0.2, -0.15) is 0 Å². The Balaban J connectivity index is 4.45. The van der Waals surface area contributed by atoms with Crippen molar-refractivity contribution in [3.05, 3.63) is 85.1 Å². The highest BCUT2D eigenvalue weighted by Gasteiger charge is 2.19. The van der Waals surface area contributed by atoms with E-state index < -0.39 is 12.1 Å². The molecule has 0 bridgehead atoms. The molecule has 58 heavy (non-hydrogen) atoms. The average Bonchev–Trinajstić information content (AvgIpc) is 3.22. The summed E-state index contributed by atoms with van der Waals surface area (Å²) in [5.74, 6) is -1.07. The Morgan fingerprint density at radius 2 is 0.793 bits per heavy atom. The molecule has 0 heterocycles. The van der Waals surface area contributed by atoms with Crippen LogP contribution in [-0.4, -0.2) is 37.2 Å². The van der Waals surface area contributed by atoms with Crippen LogP contribution in [0.1, 0.15) is 207 Å². The molecule has 6 heteroatoms. The normalized spacial score (nSPS) is 12.8. The first-order chi connectivity index (χ1) is 28.5. The van der Waals surface area contributed by atoms with Gasteiger partial charge in [-0.05, 0) is 57.8 Å². The van der Waals surface area contributed by atoms with Crippen LogP contribution in [0.4, 0.5) is 0 Å². The van der Waals surface area contributed by atoms with E-state index in [0.717, 1.165) is 83.5 Å². The third-order valence-corrected chi connectivity index (χ3v) is 9.76. The zero-order valence-corrected chi connectivity index (χ0v) is 37.5. The molecule has 0 aromatic rings. The lowest BCUT2D eigenvalue weighted by Gasteiger charge is -2.18. The summed E-state index contributed by atoms with van der Waals surface area (Å²) >= 11 is 0. The topological polar surface area (TPSA) is 78.9 Å². The lowest BCUT2D eigenvalue weighted by atomic mass is 10.0. The maximum atomic E-state index is 12.7. The van der Waals surface area contributed by atoms with E-state index >= 15 is 0 Å². The molecule has 0 radical (unpaired) electrons.